The number of carbonyl (C=O) groups excluding carboxylic acids is 2. The van der Waals surface area contributed by atoms with Gasteiger partial charge in [-0.15, -0.1) is 0 Å². The molecule has 0 radical (unpaired) electrons. The van der Waals surface area contributed by atoms with Crippen LogP contribution in [0.1, 0.15) is 24.5 Å². The second-order valence-corrected chi connectivity index (χ2v) is 12.5. The minimum atomic E-state index is -3.90. The van der Waals surface area contributed by atoms with Crippen LogP contribution < -0.4 is 14.4 Å². The van der Waals surface area contributed by atoms with Crippen molar-refractivity contribution in [2.75, 3.05) is 30.8 Å². The lowest BCUT2D eigenvalue weighted by atomic mass is 10.0. The molecule has 3 rings (SSSR count). The van der Waals surface area contributed by atoms with Crippen LogP contribution in [0.5, 0.6) is 5.75 Å². The molecule has 0 spiro atoms. The first-order valence-electron chi connectivity index (χ1n) is 12.7. The molecule has 11 heteroatoms. The summed E-state index contributed by atoms with van der Waals surface area (Å²) in [7, 11) is -2.45. The van der Waals surface area contributed by atoms with E-state index in [4.69, 9.17) is 16.3 Å². The number of hydrogen-bond donors (Lipinski definition) is 1. The van der Waals surface area contributed by atoms with E-state index in [1.165, 1.54) is 30.2 Å². The van der Waals surface area contributed by atoms with E-state index in [0.29, 0.717) is 12.3 Å². The maximum atomic E-state index is 14.1. The van der Waals surface area contributed by atoms with E-state index < -0.39 is 28.5 Å². The van der Waals surface area contributed by atoms with Crippen LogP contribution in [0.2, 0.25) is 5.02 Å². The van der Waals surface area contributed by atoms with Gasteiger partial charge in [0.25, 0.3) is 0 Å². The molecule has 3 aromatic carbocycles. The van der Waals surface area contributed by atoms with E-state index in [-0.39, 0.29) is 29.6 Å². The van der Waals surface area contributed by atoms with E-state index >= 15 is 0 Å². The number of nitrogens with one attached hydrogen (secondary N) is 1. The summed E-state index contributed by atoms with van der Waals surface area (Å²) in [4.78, 5) is 29.0. The largest absolute Gasteiger partial charge is 0.495 e. The van der Waals surface area contributed by atoms with Gasteiger partial charge in [-0.2, -0.15) is 0 Å². The molecule has 0 aromatic heterocycles. The molecule has 1 atom stereocenters. The molecule has 1 N–H and O–H groups in total. The van der Waals surface area contributed by atoms with Crippen molar-refractivity contribution in [2.45, 2.75) is 32.4 Å². The summed E-state index contributed by atoms with van der Waals surface area (Å²) in [5.74, 6) is -0.477. The van der Waals surface area contributed by atoms with Crippen LogP contribution in [0.15, 0.2) is 77.3 Å². The summed E-state index contributed by atoms with van der Waals surface area (Å²) in [6.07, 6.45) is 2.00. The van der Waals surface area contributed by atoms with Gasteiger partial charge in [0.05, 0.1) is 24.1 Å². The lowest BCUT2D eigenvalue weighted by Crippen LogP contribution is -2.53. The average molecular weight is 651 g/mol. The Kier molecular flexibility index (Phi) is 11.4. The molecule has 0 saturated heterocycles. The predicted molar refractivity (Wildman–Crippen MR) is 162 cm³/mol. The number of rotatable bonds is 13. The highest BCUT2D eigenvalue weighted by Crippen LogP contribution is 2.30. The van der Waals surface area contributed by atoms with Gasteiger partial charge in [0.15, 0.2) is 0 Å². The maximum absolute atomic E-state index is 14.1. The number of ether oxygens (including phenoxy) is 1. The Morgan fingerprint density at radius 3 is 2.33 bits per heavy atom. The number of sulfonamides is 1. The first kappa shape index (κ1) is 31.4. The maximum Gasteiger partial charge on any atom is 0.244 e. The SMILES string of the molecule is CCCNC(=O)[C@H](Cc1ccccc1)N(Cc1cccc(Br)c1)C(=O)CN(c1ccc(OC)c(Cl)c1)S(C)(=O)=O. The molecule has 40 heavy (non-hydrogen) atoms. The van der Waals surface area contributed by atoms with E-state index in [1.54, 1.807) is 0 Å². The summed E-state index contributed by atoms with van der Waals surface area (Å²) in [5, 5.41) is 3.12. The van der Waals surface area contributed by atoms with Gasteiger partial charge in [-0.05, 0) is 47.9 Å². The lowest BCUT2D eigenvalue weighted by molar-refractivity contribution is -0.140. The second kappa shape index (κ2) is 14.5. The Hall–Kier alpha value is -3.08. The summed E-state index contributed by atoms with van der Waals surface area (Å²) < 4.78 is 32.8. The van der Waals surface area contributed by atoms with Crippen molar-refractivity contribution in [1.29, 1.82) is 0 Å². The Morgan fingerprint density at radius 2 is 1.73 bits per heavy atom. The molecule has 0 heterocycles. The molecule has 3 aromatic rings. The molecule has 214 valence electrons. The fourth-order valence-electron chi connectivity index (χ4n) is 4.18. The third kappa shape index (κ3) is 8.71. The van der Waals surface area contributed by atoms with E-state index in [0.717, 1.165) is 32.6 Å². The normalized spacial score (nSPS) is 11.9. The van der Waals surface area contributed by atoms with Crippen LogP contribution >= 0.6 is 27.5 Å². The lowest BCUT2D eigenvalue weighted by Gasteiger charge is -2.33. The Labute approximate surface area is 249 Å². The molecule has 0 bridgehead atoms. The quantitative estimate of drug-likeness (QED) is 0.280. The van der Waals surface area contributed by atoms with Crippen LogP contribution in [0.25, 0.3) is 0 Å². The summed E-state index contributed by atoms with van der Waals surface area (Å²) in [6, 6.07) is 20.4. The first-order valence-corrected chi connectivity index (χ1v) is 15.7. The minimum absolute atomic E-state index is 0.0935. The average Bonchev–Trinajstić information content (AvgIpc) is 2.92. The molecule has 0 aliphatic carbocycles. The molecule has 0 aliphatic heterocycles. The highest BCUT2D eigenvalue weighted by molar-refractivity contribution is 9.10. The smallest absolute Gasteiger partial charge is 0.244 e. The van der Waals surface area contributed by atoms with Gasteiger partial charge < -0.3 is 15.0 Å². The number of nitrogens with zero attached hydrogens (tertiary/aromatic N) is 2. The zero-order chi connectivity index (χ0) is 29.3. The fraction of sp³-hybridized carbons (Fsp3) is 0.310. The van der Waals surface area contributed by atoms with Crippen molar-refractivity contribution in [3.05, 3.63) is 93.4 Å². The molecule has 8 nitrogen and oxygen atoms in total. The number of methoxy groups -OCH3 is 1. The van der Waals surface area contributed by atoms with E-state index in [9.17, 15) is 18.0 Å². The van der Waals surface area contributed by atoms with Crippen molar-refractivity contribution in [2.24, 2.45) is 0 Å². The van der Waals surface area contributed by atoms with Crippen LogP contribution in [0.4, 0.5) is 5.69 Å². The Balaban J connectivity index is 2.05. The second-order valence-electron chi connectivity index (χ2n) is 9.24. The van der Waals surface area contributed by atoms with Crippen LogP contribution in [-0.4, -0.2) is 57.6 Å². The van der Waals surface area contributed by atoms with Crippen molar-refractivity contribution in [1.82, 2.24) is 10.2 Å². The standard InChI is InChI=1S/C29H33BrClN3O5S/c1-4-15-32-29(36)26(17-21-9-6-5-7-10-21)33(19-22-11-8-12-23(30)16-22)28(35)20-34(40(3,37)38)24-13-14-27(39-2)25(31)18-24/h5-14,16,18,26H,4,15,17,19-20H2,1-3H3,(H,32,36)/t26-/m0/s1. The minimum Gasteiger partial charge on any atom is -0.495 e. The Bertz CT molecular complexity index is 1420. The fourth-order valence-corrected chi connectivity index (χ4v) is 5.72. The summed E-state index contributed by atoms with van der Waals surface area (Å²) in [6.45, 7) is 1.96. The van der Waals surface area contributed by atoms with E-state index in [2.05, 4.69) is 21.2 Å². The van der Waals surface area contributed by atoms with Gasteiger partial charge >= 0.3 is 0 Å². The van der Waals surface area contributed by atoms with Crippen molar-refractivity contribution >= 4 is 55.1 Å². The highest BCUT2D eigenvalue weighted by atomic mass is 79.9. The number of benzene rings is 3. The molecule has 0 fully saturated rings. The monoisotopic (exact) mass is 649 g/mol. The highest BCUT2D eigenvalue weighted by Gasteiger charge is 2.33. The van der Waals surface area contributed by atoms with Gasteiger partial charge in [-0.1, -0.05) is 76.9 Å². The van der Waals surface area contributed by atoms with Crippen molar-refractivity contribution in [3.63, 3.8) is 0 Å². The molecule has 0 saturated carbocycles. The summed E-state index contributed by atoms with van der Waals surface area (Å²) >= 11 is 9.74. The molecular formula is C29H33BrClN3O5S. The third-order valence-corrected chi connectivity index (χ3v) is 8.09. The third-order valence-electron chi connectivity index (χ3n) is 6.16. The zero-order valence-electron chi connectivity index (χ0n) is 22.6. The number of hydrogen-bond acceptors (Lipinski definition) is 5. The topological polar surface area (TPSA) is 96.0 Å². The van der Waals surface area contributed by atoms with Crippen LogP contribution in [-0.2, 0) is 32.6 Å². The van der Waals surface area contributed by atoms with Gasteiger partial charge in [-0.25, -0.2) is 8.42 Å². The predicted octanol–water partition coefficient (Wildman–Crippen LogP) is 5.04. The van der Waals surface area contributed by atoms with E-state index in [1.807, 2.05) is 61.5 Å². The molecule has 2 amide bonds. The van der Waals surface area contributed by atoms with Crippen LogP contribution in [0.3, 0.4) is 0 Å². The van der Waals surface area contributed by atoms with Crippen molar-refractivity contribution in [3.8, 4) is 5.75 Å². The number of halogens is 2. The molecular weight excluding hydrogens is 618 g/mol. The Morgan fingerprint density at radius 1 is 1.02 bits per heavy atom. The molecule has 0 aliphatic rings. The van der Waals surface area contributed by atoms with Gasteiger partial charge in [0.2, 0.25) is 21.8 Å². The number of carbonyl (C=O) groups is 2. The van der Waals surface area contributed by atoms with Gasteiger partial charge in [-0.3, -0.25) is 13.9 Å². The van der Waals surface area contributed by atoms with Gasteiger partial charge in [0, 0.05) is 24.0 Å². The van der Waals surface area contributed by atoms with Gasteiger partial charge in [0.1, 0.15) is 18.3 Å². The summed E-state index contributed by atoms with van der Waals surface area (Å²) in [5.41, 5.74) is 1.86. The number of amides is 2. The zero-order valence-corrected chi connectivity index (χ0v) is 25.8. The van der Waals surface area contributed by atoms with Crippen LogP contribution in [0, 0.1) is 0 Å². The number of anilines is 1. The molecule has 0 unspecified atom stereocenters. The van der Waals surface area contributed by atoms with Crippen molar-refractivity contribution < 1.29 is 22.7 Å². The first-order chi connectivity index (χ1) is 19.0.